The first-order valence-corrected chi connectivity index (χ1v) is 7.50. The van der Waals surface area contributed by atoms with E-state index in [0.29, 0.717) is 0 Å². The first kappa shape index (κ1) is 20.5. The van der Waals surface area contributed by atoms with Gasteiger partial charge in [-0.25, -0.2) is 0 Å². The third-order valence-corrected chi connectivity index (χ3v) is 3.40. The van der Waals surface area contributed by atoms with Crippen molar-refractivity contribution in [3.05, 3.63) is 35.4 Å². The summed E-state index contributed by atoms with van der Waals surface area (Å²) < 4.78 is 42.3. The minimum Gasteiger partial charge on any atom is -0.466 e. The number of primary amides is 1. The van der Waals surface area contributed by atoms with Gasteiger partial charge in [0.25, 0.3) is 5.91 Å². The minimum absolute atomic E-state index is 0.0666. The van der Waals surface area contributed by atoms with Crippen molar-refractivity contribution in [2.45, 2.75) is 32.5 Å². The number of esters is 1. The van der Waals surface area contributed by atoms with Gasteiger partial charge in [0.05, 0.1) is 18.1 Å². The Morgan fingerprint density at radius 3 is 2.20 bits per heavy atom. The third kappa shape index (κ3) is 6.09. The molecule has 3 N–H and O–H groups in total. The van der Waals surface area contributed by atoms with E-state index in [9.17, 15) is 27.6 Å². The lowest BCUT2D eigenvalue weighted by Crippen LogP contribution is -2.46. The van der Waals surface area contributed by atoms with E-state index < -0.39 is 41.5 Å². The topological polar surface area (TPSA) is 98.5 Å². The predicted octanol–water partition coefficient (Wildman–Crippen LogP) is 1.88. The molecular weight excluding hydrogens is 341 g/mol. The summed E-state index contributed by atoms with van der Waals surface area (Å²) in [4.78, 5) is 35.2. The predicted molar refractivity (Wildman–Crippen MR) is 82.3 cm³/mol. The molecule has 0 radical (unpaired) electrons. The Balaban J connectivity index is 2.79. The zero-order valence-corrected chi connectivity index (χ0v) is 13.7. The first-order chi connectivity index (χ1) is 11.6. The highest BCUT2D eigenvalue weighted by molar-refractivity contribution is 5.97. The van der Waals surface area contributed by atoms with Crippen molar-refractivity contribution in [2.75, 3.05) is 6.61 Å². The monoisotopic (exact) mass is 360 g/mol. The molecule has 0 unspecified atom stereocenters. The number of halogens is 3. The Hall–Kier alpha value is -2.58. The van der Waals surface area contributed by atoms with Crippen LogP contribution in [0.25, 0.3) is 0 Å². The summed E-state index contributed by atoms with van der Waals surface area (Å²) in [5.74, 6) is -2.87. The van der Waals surface area contributed by atoms with E-state index in [4.69, 9.17) is 10.5 Å². The van der Waals surface area contributed by atoms with Crippen LogP contribution in [-0.4, -0.2) is 30.4 Å². The highest BCUT2D eigenvalue weighted by Gasteiger charge is 2.30. The standard InChI is InChI=1S/C16H19F3N2O4/c1-3-25-15(24)9(2)8-12(13(20)22)21-14(23)10-4-6-11(7-5-10)16(17,18)19/h4-7,9,12H,3,8H2,1-2H3,(H2,20,22)(H,21,23)/t9-,12+/m0/s1. The summed E-state index contributed by atoms with van der Waals surface area (Å²) in [6.07, 6.45) is -4.60. The number of carbonyl (C=O) groups is 3. The molecule has 1 aromatic carbocycles. The zero-order valence-electron chi connectivity index (χ0n) is 13.7. The summed E-state index contributed by atoms with van der Waals surface area (Å²) in [6.45, 7) is 3.31. The number of rotatable bonds is 7. The Morgan fingerprint density at radius 2 is 1.76 bits per heavy atom. The quantitative estimate of drug-likeness (QED) is 0.725. The van der Waals surface area contributed by atoms with Crippen molar-refractivity contribution in [1.82, 2.24) is 5.32 Å². The third-order valence-electron chi connectivity index (χ3n) is 3.40. The van der Waals surface area contributed by atoms with Gasteiger partial charge in [-0.15, -0.1) is 0 Å². The molecule has 0 spiro atoms. The SMILES string of the molecule is CCOC(=O)[C@@H](C)C[C@@H](NC(=O)c1ccc(C(F)(F)F)cc1)C(N)=O. The lowest BCUT2D eigenvalue weighted by molar-refractivity contribution is -0.148. The van der Waals surface area contributed by atoms with Crippen molar-refractivity contribution in [1.29, 1.82) is 0 Å². The molecule has 0 aliphatic heterocycles. The van der Waals surface area contributed by atoms with E-state index in [0.717, 1.165) is 24.3 Å². The fourth-order valence-corrected chi connectivity index (χ4v) is 2.03. The van der Waals surface area contributed by atoms with E-state index in [1.165, 1.54) is 6.92 Å². The van der Waals surface area contributed by atoms with Crippen molar-refractivity contribution in [3.8, 4) is 0 Å². The minimum atomic E-state index is -4.51. The second-order valence-electron chi connectivity index (χ2n) is 5.39. The molecule has 1 rings (SSSR count). The summed E-state index contributed by atoms with van der Waals surface area (Å²) in [6, 6.07) is 2.34. The van der Waals surface area contributed by atoms with E-state index >= 15 is 0 Å². The van der Waals surface area contributed by atoms with Crippen LogP contribution in [0, 0.1) is 5.92 Å². The molecule has 0 aromatic heterocycles. The summed E-state index contributed by atoms with van der Waals surface area (Å²) in [7, 11) is 0. The van der Waals surface area contributed by atoms with Crippen LogP contribution >= 0.6 is 0 Å². The highest BCUT2D eigenvalue weighted by Crippen LogP contribution is 2.29. The second-order valence-corrected chi connectivity index (χ2v) is 5.39. The molecule has 0 heterocycles. The zero-order chi connectivity index (χ0) is 19.2. The molecule has 0 bridgehead atoms. The molecule has 138 valence electrons. The van der Waals surface area contributed by atoms with Crippen LogP contribution in [0.15, 0.2) is 24.3 Å². The summed E-state index contributed by atoms with van der Waals surface area (Å²) in [5.41, 5.74) is 4.25. The van der Waals surface area contributed by atoms with Crippen LogP contribution in [0.3, 0.4) is 0 Å². The second kappa shape index (κ2) is 8.50. The molecule has 9 heteroatoms. The number of amides is 2. The van der Waals surface area contributed by atoms with Gasteiger partial charge in [0.1, 0.15) is 6.04 Å². The van der Waals surface area contributed by atoms with Crippen LogP contribution in [0.2, 0.25) is 0 Å². The smallest absolute Gasteiger partial charge is 0.416 e. The van der Waals surface area contributed by atoms with E-state index in [2.05, 4.69) is 5.32 Å². The van der Waals surface area contributed by atoms with Crippen LogP contribution in [0.5, 0.6) is 0 Å². The van der Waals surface area contributed by atoms with Gasteiger partial charge in [0.2, 0.25) is 5.91 Å². The maximum Gasteiger partial charge on any atom is 0.416 e. The number of benzene rings is 1. The molecule has 25 heavy (non-hydrogen) atoms. The maximum atomic E-state index is 12.5. The molecule has 1 aromatic rings. The van der Waals surface area contributed by atoms with E-state index in [1.54, 1.807) is 6.92 Å². The number of nitrogens with one attached hydrogen (secondary N) is 1. The van der Waals surface area contributed by atoms with E-state index in [-0.39, 0.29) is 18.6 Å². The Morgan fingerprint density at radius 1 is 1.20 bits per heavy atom. The maximum absolute atomic E-state index is 12.5. The normalized spacial score (nSPS) is 13.6. The van der Waals surface area contributed by atoms with Gasteiger partial charge in [-0.3, -0.25) is 14.4 Å². The van der Waals surface area contributed by atoms with Gasteiger partial charge in [0.15, 0.2) is 0 Å². The number of ether oxygens (including phenoxy) is 1. The van der Waals surface area contributed by atoms with Gasteiger partial charge < -0.3 is 15.8 Å². The van der Waals surface area contributed by atoms with Crippen molar-refractivity contribution >= 4 is 17.8 Å². The molecular formula is C16H19F3N2O4. The Kier molecular flexibility index (Phi) is 6.96. The van der Waals surface area contributed by atoms with Crippen LogP contribution in [0.4, 0.5) is 13.2 Å². The molecule has 6 nitrogen and oxygen atoms in total. The summed E-state index contributed by atoms with van der Waals surface area (Å²) >= 11 is 0. The van der Waals surface area contributed by atoms with Gasteiger partial charge in [-0.2, -0.15) is 13.2 Å². The molecule has 0 aliphatic rings. The van der Waals surface area contributed by atoms with Gasteiger partial charge in [-0.1, -0.05) is 6.92 Å². The Labute approximate surface area is 142 Å². The highest BCUT2D eigenvalue weighted by atomic mass is 19.4. The number of alkyl halides is 3. The molecule has 0 aliphatic carbocycles. The molecule has 0 fully saturated rings. The van der Waals surface area contributed by atoms with E-state index in [1.807, 2.05) is 0 Å². The van der Waals surface area contributed by atoms with Crippen molar-refractivity contribution < 1.29 is 32.3 Å². The average molecular weight is 360 g/mol. The van der Waals surface area contributed by atoms with Crippen molar-refractivity contribution in [3.63, 3.8) is 0 Å². The van der Waals surface area contributed by atoms with Crippen molar-refractivity contribution in [2.24, 2.45) is 11.7 Å². The first-order valence-electron chi connectivity index (χ1n) is 7.50. The lowest BCUT2D eigenvalue weighted by atomic mass is 10.0. The number of nitrogens with two attached hydrogens (primary N) is 1. The molecule has 2 amide bonds. The van der Waals surface area contributed by atoms with Gasteiger partial charge in [-0.05, 0) is 37.6 Å². The fourth-order valence-electron chi connectivity index (χ4n) is 2.03. The molecule has 2 atom stereocenters. The fraction of sp³-hybridized carbons (Fsp3) is 0.438. The van der Waals surface area contributed by atoms with Gasteiger partial charge >= 0.3 is 12.1 Å². The van der Waals surface area contributed by atoms with Crippen LogP contribution < -0.4 is 11.1 Å². The van der Waals surface area contributed by atoms with Crippen LogP contribution in [0.1, 0.15) is 36.2 Å². The number of hydrogen-bond donors (Lipinski definition) is 2. The van der Waals surface area contributed by atoms with Gasteiger partial charge in [0, 0.05) is 5.56 Å². The molecule has 0 saturated carbocycles. The molecule has 0 saturated heterocycles. The number of carbonyl (C=O) groups excluding carboxylic acids is 3. The number of hydrogen-bond acceptors (Lipinski definition) is 4. The largest absolute Gasteiger partial charge is 0.466 e. The Bertz CT molecular complexity index is 629. The average Bonchev–Trinajstić information content (AvgIpc) is 2.53. The lowest BCUT2D eigenvalue weighted by Gasteiger charge is -2.19. The summed E-state index contributed by atoms with van der Waals surface area (Å²) in [5, 5.41) is 2.32. The van der Waals surface area contributed by atoms with Crippen LogP contribution in [-0.2, 0) is 20.5 Å².